The largest absolute Gasteiger partial charge is 0.481 e. The van der Waals surface area contributed by atoms with Gasteiger partial charge in [0.25, 0.3) is 0 Å². The molecule has 112 valence electrons. The van der Waals surface area contributed by atoms with Crippen LogP contribution in [0.4, 0.5) is 0 Å². The van der Waals surface area contributed by atoms with Crippen molar-refractivity contribution in [1.82, 2.24) is 10.1 Å². The monoisotopic (exact) mass is 288 g/mol. The van der Waals surface area contributed by atoms with E-state index < -0.39 is 11.4 Å². The fourth-order valence-electron chi connectivity index (χ4n) is 2.40. The lowest BCUT2D eigenvalue weighted by Gasteiger charge is -2.24. The minimum absolute atomic E-state index is 0.258. The van der Waals surface area contributed by atoms with E-state index in [1.165, 1.54) is 0 Å². The molecule has 0 spiro atoms. The Kier molecular flexibility index (Phi) is 4.40. The Balaban J connectivity index is 2.26. The fourth-order valence-corrected chi connectivity index (χ4v) is 2.40. The molecule has 1 N–H and O–H groups in total. The van der Waals surface area contributed by atoms with Crippen LogP contribution in [-0.2, 0) is 11.2 Å². The molecule has 1 heterocycles. The zero-order valence-electron chi connectivity index (χ0n) is 12.6. The van der Waals surface area contributed by atoms with Crippen molar-refractivity contribution in [3.05, 3.63) is 35.7 Å². The van der Waals surface area contributed by atoms with Crippen molar-refractivity contribution in [1.29, 1.82) is 0 Å². The van der Waals surface area contributed by atoms with Gasteiger partial charge in [0, 0.05) is 12.0 Å². The molecule has 5 heteroatoms. The van der Waals surface area contributed by atoms with Crippen LogP contribution in [0, 0.1) is 12.3 Å². The summed E-state index contributed by atoms with van der Waals surface area (Å²) in [4.78, 5) is 15.9. The number of aromatic nitrogens is 2. The van der Waals surface area contributed by atoms with Crippen LogP contribution < -0.4 is 0 Å². The highest BCUT2D eigenvalue weighted by molar-refractivity contribution is 5.74. The van der Waals surface area contributed by atoms with E-state index in [9.17, 15) is 9.90 Å². The van der Waals surface area contributed by atoms with E-state index in [1.807, 2.05) is 45.0 Å². The van der Waals surface area contributed by atoms with E-state index >= 15 is 0 Å². The maximum absolute atomic E-state index is 11.5. The standard InChI is InChI=1S/C16H20N2O3/c1-4-16(5-2,15(19)20)10-13-17-14(18-21-13)12-8-6-7-11(3)9-12/h6-9H,4-5,10H2,1-3H3,(H,19,20). The minimum atomic E-state index is -0.837. The smallest absolute Gasteiger partial charge is 0.310 e. The van der Waals surface area contributed by atoms with Crippen LogP contribution in [0.1, 0.15) is 38.1 Å². The first-order valence-corrected chi connectivity index (χ1v) is 7.14. The molecule has 0 unspecified atom stereocenters. The molecule has 5 nitrogen and oxygen atoms in total. The molecule has 2 rings (SSSR count). The lowest BCUT2D eigenvalue weighted by molar-refractivity contribution is -0.149. The third-order valence-electron chi connectivity index (χ3n) is 4.04. The van der Waals surface area contributed by atoms with Crippen LogP contribution in [0.3, 0.4) is 0 Å². The van der Waals surface area contributed by atoms with E-state index in [0.29, 0.717) is 24.6 Å². The lowest BCUT2D eigenvalue weighted by Crippen LogP contribution is -2.32. The quantitative estimate of drug-likeness (QED) is 0.880. The number of hydrogen-bond acceptors (Lipinski definition) is 4. The van der Waals surface area contributed by atoms with E-state index in [1.54, 1.807) is 0 Å². The van der Waals surface area contributed by atoms with Crippen molar-refractivity contribution in [2.24, 2.45) is 5.41 Å². The summed E-state index contributed by atoms with van der Waals surface area (Å²) >= 11 is 0. The van der Waals surface area contributed by atoms with Gasteiger partial charge in [-0.15, -0.1) is 0 Å². The number of aliphatic carboxylic acids is 1. The highest BCUT2D eigenvalue weighted by atomic mass is 16.5. The molecule has 0 fully saturated rings. The Labute approximate surface area is 124 Å². The topological polar surface area (TPSA) is 76.2 Å². The van der Waals surface area contributed by atoms with Gasteiger partial charge in [-0.25, -0.2) is 0 Å². The molecular weight excluding hydrogens is 268 g/mol. The number of rotatable bonds is 6. The lowest BCUT2D eigenvalue weighted by atomic mass is 9.79. The number of aryl methyl sites for hydroxylation is 1. The summed E-state index contributed by atoms with van der Waals surface area (Å²) in [6, 6.07) is 7.80. The maximum atomic E-state index is 11.5. The van der Waals surface area contributed by atoms with Gasteiger partial charge in [-0.2, -0.15) is 4.98 Å². The van der Waals surface area contributed by atoms with E-state index in [0.717, 1.165) is 11.1 Å². The average Bonchev–Trinajstić information content (AvgIpc) is 2.93. The molecule has 2 aromatic rings. The first kappa shape index (κ1) is 15.2. The van der Waals surface area contributed by atoms with Gasteiger partial charge in [0.15, 0.2) is 0 Å². The molecule has 0 bridgehead atoms. The van der Waals surface area contributed by atoms with Crippen LogP contribution >= 0.6 is 0 Å². The Morgan fingerprint density at radius 2 is 2.05 bits per heavy atom. The normalized spacial score (nSPS) is 11.6. The molecule has 21 heavy (non-hydrogen) atoms. The van der Waals surface area contributed by atoms with Crippen LogP contribution in [0.25, 0.3) is 11.4 Å². The van der Waals surface area contributed by atoms with Gasteiger partial charge in [-0.3, -0.25) is 4.79 Å². The van der Waals surface area contributed by atoms with Crippen LogP contribution in [0.2, 0.25) is 0 Å². The van der Waals surface area contributed by atoms with Crippen molar-refractivity contribution in [3.63, 3.8) is 0 Å². The summed E-state index contributed by atoms with van der Waals surface area (Å²) in [7, 11) is 0. The predicted octanol–water partition coefficient (Wildman–Crippen LogP) is 3.48. The second-order valence-corrected chi connectivity index (χ2v) is 5.35. The molecule has 1 aromatic carbocycles. The Morgan fingerprint density at radius 1 is 1.33 bits per heavy atom. The molecule has 1 aromatic heterocycles. The Morgan fingerprint density at radius 3 is 2.62 bits per heavy atom. The van der Waals surface area contributed by atoms with Gasteiger partial charge in [-0.1, -0.05) is 42.8 Å². The Bertz CT molecular complexity index is 630. The summed E-state index contributed by atoms with van der Waals surface area (Å²) in [5.41, 5.74) is 1.15. The average molecular weight is 288 g/mol. The van der Waals surface area contributed by atoms with Crippen LogP contribution in [-0.4, -0.2) is 21.2 Å². The molecule has 0 saturated heterocycles. The van der Waals surface area contributed by atoms with Crippen molar-refractivity contribution in [2.45, 2.75) is 40.0 Å². The number of carboxylic acids is 1. The van der Waals surface area contributed by atoms with Gasteiger partial charge in [-0.05, 0) is 25.8 Å². The van der Waals surface area contributed by atoms with Crippen molar-refractivity contribution < 1.29 is 14.4 Å². The minimum Gasteiger partial charge on any atom is -0.481 e. The number of carbonyl (C=O) groups is 1. The van der Waals surface area contributed by atoms with E-state index in [2.05, 4.69) is 10.1 Å². The van der Waals surface area contributed by atoms with Crippen LogP contribution in [0.15, 0.2) is 28.8 Å². The molecule has 0 aliphatic rings. The highest BCUT2D eigenvalue weighted by Crippen LogP contribution is 2.31. The van der Waals surface area contributed by atoms with E-state index in [4.69, 9.17) is 4.52 Å². The van der Waals surface area contributed by atoms with Gasteiger partial charge in [0.05, 0.1) is 5.41 Å². The first-order chi connectivity index (χ1) is 10.0. The number of benzene rings is 1. The van der Waals surface area contributed by atoms with E-state index in [-0.39, 0.29) is 6.42 Å². The first-order valence-electron chi connectivity index (χ1n) is 7.14. The molecule has 0 atom stereocenters. The van der Waals surface area contributed by atoms with Gasteiger partial charge < -0.3 is 9.63 Å². The summed E-state index contributed by atoms with van der Waals surface area (Å²) in [5, 5.41) is 13.4. The number of carboxylic acid groups (broad SMARTS) is 1. The number of hydrogen-bond donors (Lipinski definition) is 1. The van der Waals surface area contributed by atoms with Gasteiger partial charge >= 0.3 is 5.97 Å². The second-order valence-electron chi connectivity index (χ2n) is 5.35. The van der Waals surface area contributed by atoms with Gasteiger partial charge in [0.2, 0.25) is 11.7 Å². The molecule has 0 saturated carbocycles. The third kappa shape index (κ3) is 3.12. The van der Waals surface area contributed by atoms with Crippen molar-refractivity contribution in [3.8, 4) is 11.4 Å². The fraction of sp³-hybridized carbons (Fsp3) is 0.438. The SMILES string of the molecule is CCC(CC)(Cc1nc(-c2cccc(C)c2)no1)C(=O)O. The summed E-state index contributed by atoms with van der Waals surface area (Å²) in [6.07, 6.45) is 1.32. The summed E-state index contributed by atoms with van der Waals surface area (Å²) < 4.78 is 5.24. The highest BCUT2D eigenvalue weighted by Gasteiger charge is 2.37. The molecule has 0 aliphatic heterocycles. The number of nitrogens with zero attached hydrogens (tertiary/aromatic N) is 2. The molecule has 0 amide bonds. The third-order valence-corrected chi connectivity index (χ3v) is 4.04. The molecule has 0 aliphatic carbocycles. The Hall–Kier alpha value is -2.17. The van der Waals surface area contributed by atoms with Crippen molar-refractivity contribution >= 4 is 5.97 Å². The molecule has 0 radical (unpaired) electrons. The van der Waals surface area contributed by atoms with Crippen molar-refractivity contribution in [2.75, 3.05) is 0 Å². The van der Waals surface area contributed by atoms with Gasteiger partial charge in [0.1, 0.15) is 0 Å². The zero-order chi connectivity index (χ0) is 15.5. The second kappa shape index (κ2) is 6.08. The maximum Gasteiger partial charge on any atom is 0.310 e. The summed E-state index contributed by atoms with van der Waals surface area (Å²) in [6.45, 7) is 5.74. The zero-order valence-corrected chi connectivity index (χ0v) is 12.6. The predicted molar refractivity (Wildman–Crippen MR) is 78.8 cm³/mol. The van der Waals surface area contributed by atoms with Crippen LogP contribution in [0.5, 0.6) is 0 Å². The molecular formula is C16H20N2O3. The summed E-state index contributed by atoms with van der Waals surface area (Å²) in [5.74, 6) is 0.0561.